The molecule has 0 unspecified atom stereocenters. The maximum atomic E-state index is 12.1. The van der Waals surface area contributed by atoms with E-state index < -0.39 is 0 Å². The minimum absolute atomic E-state index is 0.235. The molecule has 0 bridgehead atoms. The molecule has 3 rings (SSSR count). The van der Waals surface area contributed by atoms with Gasteiger partial charge in [-0.3, -0.25) is 4.79 Å². The van der Waals surface area contributed by atoms with E-state index >= 15 is 0 Å². The minimum Gasteiger partial charge on any atom is -0.380 e. The Balaban J connectivity index is 1.59. The molecular formula is C19H15Cl2N3O. The fourth-order valence-corrected chi connectivity index (χ4v) is 2.53. The average molecular weight is 372 g/mol. The molecule has 0 spiro atoms. The molecule has 2 N–H and O–H groups in total. The molecule has 0 aliphatic carbocycles. The number of hydrogen-bond acceptors (Lipinski definition) is 3. The number of rotatable bonds is 5. The Morgan fingerprint density at radius 2 is 1.72 bits per heavy atom. The summed E-state index contributed by atoms with van der Waals surface area (Å²) in [6, 6.07) is 17.9. The smallest absolute Gasteiger partial charge is 0.256 e. The van der Waals surface area contributed by atoms with Crippen molar-refractivity contribution >= 4 is 40.6 Å². The quantitative estimate of drug-likeness (QED) is 0.643. The van der Waals surface area contributed by atoms with Crippen molar-refractivity contribution in [3.05, 3.63) is 88.0 Å². The topological polar surface area (TPSA) is 54.0 Å². The van der Waals surface area contributed by atoms with E-state index in [1.54, 1.807) is 36.5 Å². The first kappa shape index (κ1) is 17.3. The number of carbonyl (C=O) groups is 1. The molecule has 0 saturated heterocycles. The van der Waals surface area contributed by atoms with Crippen molar-refractivity contribution in [2.45, 2.75) is 6.54 Å². The van der Waals surface area contributed by atoms with Crippen LogP contribution in [-0.4, -0.2) is 10.9 Å². The van der Waals surface area contributed by atoms with Crippen molar-refractivity contribution in [1.82, 2.24) is 4.98 Å². The van der Waals surface area contributed by atoms with Gasteiger partial charge in [-0.15, -0.1) is 0 Å². The number of carbonyl (C=O) groups excluding carboxylic acids is 1. The first-order chi connectivity index (χ1) is 12.1. The number of halogens is 2. The predicted octanol–water partition coefficient (Wildman–Crippen LogP) is 5.25. The van der Waals surface area contributed by atoms with Crippen molar-refractivity contribution in [2.24, 2.45) is 0 Å². The van der Waals surface area contributed by atoms with E-state index in [4.69, 9.17) is 23.2 Å². The van der Waals surface area contributed by atoms with Crippen LogP contribution >= 0.6 is 23.2 Å². The number of anilines is 2. The van der Waals surface area contributed by atoms with Gasteiger partial charge in [0, 0.05) is 22.2 Å². The van der Waals surface area contributed by atoms with Crippen LogP contribution in [-0.2, 0) is 6.54 Å². The third kappa shape index (κ3) is 4.72. The summed E-state index contributed by atoms with van der Waals surface area (Å²) in [6.07, 6.45) is 1.66. The van der Waals surface area contributed by atoms with Gasteiger partial charge in [0.2, 0.25) is 0 Å². The first-order valence-electron chi connectivity index (χ1n) is 7.62. The Hall–Kier alpha value is -2.56. The van der Waals surface area contributed by atoms with Crippen LogP contribution in [0.1, 0.15) is 15.9 Å². The highest BCUT2D eigenvalue weighted by Gasteiger charge is 2.07. The zero-order valence-corrected chi connectivity index (χ0v) is 14.7. The SMILES string of the molecule is O=C(Nc1ccc(NCc2ccccc2Cl)cn1)c1ccc(Cl)cc1. The zero-order chi connectivity index (χ0) is 17.6. The summed E-state index contributed by atoms with van der Waals surface area (Å²) in [5.74, 6) is 0.240. The molecular weight excluding hydrogens is 357 g/mol. The summed E-state index contributed by atoms with van der Waals surface area (Å²) in [5.41, 5.74) is 2.36. The van der Waals surface area contributed by atoms with E-state index in [1.165, 1.54) is 0 Å². The molecule has 6 heteroatoms. The maximum Gasteiger partial charge on any atom is 0.256 e. The maximum absolute atomic E-state index is 12.1. The van der Waals surface area contributed by atoms with E-state index in [-0.39, 0.29) is 5.91 Å². The highest BCUT2D eigenvalue weighted by Crippen LogP contribution is 2.18. The highest BCUT2D eigenvalue weighted by atomic mass is 35.5. The average Bonchev–Trinajstić information content (AvgIpc) is 2.63. The Morgan fingerprint density at radius 3 is 2.40 bits per heavy atom. The minimum atomic E-state index is -0.235. The third-order valence-electron chi connectivity index (χ3n) is 3.55. The fourth-order valence-electron chi connectivity index (χ4n) is 2.20. The number of aromatic nitrogens is 1. The lowest BCUT2D eigenvalue weighted by Crippen LogP contribution is -2.12. The molecule has 0 saturated carbocycles. The van der Waals surface area contributed by atoms with Gasteiger partial charge in [0.15, 0.2) is 0 Å². The largest absolute Gasteiger partial charge is 0.380 e. The second-order valence-electron chi connectivity index (χ2n) is 5.34. The van der Waals surface area contributed by atoms with Gasteiger partial charge in [0.1, 0.15) is 5.82 Å². The van der Waals surface area contributed by atoms with E-state index in [0.29, 0.717) is 22.9 Å². The highest BCUT2D eigenvalue weighted by molar-refractivity contribution is 6.31. The first-order valence-corrected chi connectivity index (χ1v) is 8.38. The van der Waals surface area contributed by atoms with E-state index in [2.05, 4.69) is 15.6 Å². The second kappa shape index (κ2) is 8.01. The molecule has 3 aromatic rings. The van der Waals surface area contributed by atoms with Crippen LogP contribution in [0.3, 0.4) is 0 Å². The van der Waals surface area contributed by atoms with Crippen LogP contribution in [0.15, 0.2) is 66.9 Å². The Labute approximate surface area is 155 Å². The van der Waals surface area contributed by atoms with Crippen molar-refractivity contribution in [1.29, 1.82) is 0 Å². The monoisotopic (exact) mass is 371 g/mol. The number of nitrogens with zero attached hydrogens (tertiary/aromatic N) is 1. The standard InChI is InChI=1S/C19H15Cl2N3O/c20-15-7-5-13(6-8-15)19(25)24-18-10-9-16(12-23-18)22-11-14-3-1-2-4-17(14)21/h1-10,12,22H,11H2,(H,23,24,25). The number of nitrogens with one attached hydrogen (secondary N) is 2. The molecule has 2 aromatic carbocycles. The van der Waals surface area contributed by atoms with Gasteiger partial charge in [-0.2, -0.15) is 0 Å². The van der Waals surface area contributed by atoms with E-state index in [1.807, 2.05) is 30.3 Å². The molecule has 0 aliphatic rings. The molecule has 4 nitrogen and oxygen atoms in total. The van der Waals surface area contributed by atoms with Gasteiger partial charge >= 0.3 is 0 Å². The van der Waals surface area contributed by atoms with Gasteiger partial charge in [-0.25, -0.2) is 4.98 Å². The summed E-state index contributed by atoms with van der Waals surface area (Å²) < 4.78 is 0. The molecule has 0 aliphatic heterocycles. The summed E-state index contributed by atoms with van der Waals surface area (Å²) >= 11 is 11.9. The second-order valence-corrected chi connectivity index (χ2v) is 6.18. The fraction of sp³-hybridized carbons (Fsp3) is 0.0526. The van der Waals surface area contributed by atoms with Crippen LogP contribution in [0.2, 0.25) is 10.0 Å². The van der Waals surface area contributed by atoms with Gasteiger partial charge in [0.05, 0.1) is 11.9 Å². The molecule has 25 heavy (non-hydrogen) atoms. The molecule has 0 fully saturated rings. The van der Waals surface area contributed by atoms with Crippen molar-refractivity contribution in [3.8, 4) is 0 Å². The normalized spacial score (nSPS) is 10.3. The summed E-state index contributed by atoms with van der Waals surface area (Å²) in [6.45, 7) is 0.595. The van der Waals surface area contributed by atoms with Gasteiger partial charge in [0.25, 0.3) is 5.91 Å². The lowest BCUT2D eigenvalue weighted by molar-refractivity contribution is 0.102. The molecule has 1 amide bonds. The van der Waals surface area contributed by atoms with Crippen LogP contribution < -0.4 is 10.6 Å². The lowest BCUT2D eigenvalue weighted by Gasteiger charge is -2.09. The van der Waals surface area contributed by atoms with E-state index in [9.17, 15) is 4.79 Å². The zero-order valence-electron chi connectivity index (χ0n) is 13.2. The van der Waals surface area contributed by atoms with Crippen LogP contribution in [0, 0.1) is 0 Å². The summed E-state index contributed by atoms with van der Waals surface area (Å²) in [7, 11) is 0. The van der Waals surface area contributed by atoms with Crippen LogP contribution in [0.25, 0.3) is 0 Å². The number of pyridine rings is 1. The number of benzene rings is 2. The third-order valence-corrected chi connectivity index (χ3v) is 4.17. The van der Waals surface area contributed by atoms with Crippen molar-refractivity contribution in [2.75, 3.05) is 10.6 Å². The lowest BCUT2D eigenvalue weighted by atomic mass is 10.2. The van der Waals surface area contributed by atoms with Gasteiger partial charge < -0.3 is 10.6 Å². The molecule has 0 radical (unpaired) electrons. The number of amides is 1. The van der Waals surface area contributed by atoms with E-state index in [0.717, 1.165) is 16.3 Å². The van der Waals surface area contributed by atoms with Crippen LogP contribution in [0.4, 0.5) is 11.5 Å². The van der Waals surface area contributed by atoms with Gasteiger partial charge in [-0.05, 0) is 48.0 Å². The van der Waals surface area contributed by atoms with Crippen molar-refractivity contribution in [3.63, 3.8) is 0 Å². The molecule has 1 aromatic heterocycles. The van der Waals surface area contributed by atoms with Gasteiger partial charge in [-0.1, -0.05) is 41.4 Å². The molecule has 0 atom stereocenters. The Morgan fingerprint density at radius 1 is 0.960 bits per heavy atom. The van der Waals surface area contributed by atoms with Crippen LogP contribution in [0.5, 0.6) is 0 Å². The Kier molecular flexibility index (Phi) is 5.53. The summed E-state index contributed by atoms with van der Waals surface area (Å²) in [5, 5.41) is 7.30. The molecule has 126 valence electrons. The Bertz CT molecular complexity index is 865. The predicted molar refractivity (Wildman–Crippen MR) is 102 cm³/mol. The number of hydrogen-bond donors (Lipinski definition) is 2. The van der Waals surface area contributed by atoms with Crippen molar-refractivity contribution < 1.29 is 4.79 Å². The summed E-state index contributed by atoms with van der Waals surface area (Å²) in [4.78, 5) is 16.4. The molecule has 1 heterocycles.